The summed E-state index contributed by atoms with van der Waals surface area (Å²) in [5.41, 5.74) is 1.15. The fraction of sp³-hybridized carbons (Fsp3) is 0.500. The van der Waals surface area contributed by atoms with Gasteiger partial charge in [-0.2, -0.15) is 0 Å². The van der Waals surface area contributed by atoms with E-state index >= 15 is 0 Å². The number of carbonyl (C=O) groups excluding carboxylic acids is 2. The SMILES string of the molecule is CCOC(=O)NCCC(=O)N1CCCC1c1cccc(Br)c1. The number of amides is 2. The maximum absolute atomic E-state index is 12.4. The van der Waals surface area contributed by atoms with Crippen LogP contribution in [0.25, 0.3) is 0 Å². The predicted octanol–water partition coefficient (Wildman–Crippen LogP) is 3.25. The van der Waals surface area contributed by atoms with Gasteiger partial charge in [0, 0.05) is 24.0 Å². The highest BCUT2D eigenvalue weighted by Crippen LogP contribution is 2.33. The van der Waals surface area contributed by atoms with E-state index in [4.69, 9.17) is 4.74 Å². The van der Waals surface area contributed by atoms with Gasteiger partial charge in [0.05, 0.1) is 12.6 Å². The van der Waals surface area contributed by atoms with E-state index in [2.05, 4.69) is 33.4 Å². The Morgan fingerprint density at radius 1 is 1.45 bits per heavy atom. The van der Waals surface area contributed by atoms with Gasteiger partial charge in [-0.25, -0.2) is 4.79 Å². The van der Waals surface area contributed by atoms with Crippen LogP contribution in [-0.2, 0) is 9.53 Å². The summed E-state index contributed by atoms with van der Waals surface area (Å²) in [4.78, 5) is 25.5. The van der Waals surface area contributed by atoms with Gasteiger partial charge in [0.2, 0.25) is 5.91 Å². The maximum Gasteiger partial charge on any atom is 0.407 e. The van der Waals surface area contributed by atoms with Crippen molar-refractivity contribution in [3.63, 3.8) is 0 Å². The molecule has 1 saturated heterocycles. The molecule has 1 fully saturated rings. The van der Waals surface area contributed by atoms with Gasteiger partial charge in [0.25, 0.3) is 0 Å². The van der Waals surface area contributed by atoms with Crippen LogP contribution in [0.15, 0.2) is 28.7 Å². The van der Waals surface area contributed by atoms with Gasteiger partial charge in [-0.1, -0.05) is 28.1 Å². The van der Waals surface area contributed by atoms with E-state index in [0.29, 0.717) is 19.6 Å². The molecule has 0 aliphatic carbocycles. The Kier molecular flexibility index (Phi) is 6.24. The lowest BCUT2D eigenvalue weighted by molar-refractivity contribution is -0.132. The Morgan fingerprint density at radius 3 is 3.00 bits per heavy atom. The van der Waals surface area contributed by atoms with Crippen molar-refractivity contribution in [2.45, 2.75) is 32.2 Å². The summed E-state index contributed by atoms with van der Waals surface area (Å²) in [6.45, 7) is 3.16. The van der Waals surface area contributed by atoms with Crippen molar-refractivity contribution in [1.82, 2.24) is 10.2 Å². The first kappa shape index (κ1) is 16.8. The smallest absolute Gasteiger partial charge is 0.407 e. The maximum atomic E-state index is 12.4. The van der Waals surface area contributed by atoms with Crippen molar-refractivity contribution in [3.8, 4) is 0 Å². The van der Waals surface area contributed by atoms with E-state index in [1.54, 1.807) is 6.92 Å². The lowest BCUT2D eigenvalue weighted by Crippen LogP contribution is -2.34. The number of halogens is 1. The second kappa shape index (κ2) is 8.17. The lowest BCUT2D eigenvalue weighted by Gasteiger charge is -2.25. The highest BCUT2D eigenvalue weighted by Gasteiger charge is 2.29. The Hall–Kier alpha value is -1.56. The van der Waals surface area contributed by atoms with E-state index in [1.807, 2.05) is 17.0 Å². The van der Waals surface area contributed by atoms with Crippen LogP contribution in [0.4, 0.5) is 4.79 Å². The van der Waals surface area contributed by atoms with Crippen molar-refractivity contribution in [1.29, 1.82) is 0 Å². The molecule has 0 bridgehead atoms. The molecule has 22 heavy (non-hydrogen) atoms. The summed E-state index contributed by atoms with van der Waals surface area (Å²) in [6, 6.07) is 8.22. The number of ether oxygens (including phenoxy) is 1. The molecule has 5 nitrogen and oxygen atoms in total. The van der Waals surface area contributed by atoms with Crippen LogP contribution in [0.5, 0.6) is 0 Å². The summed E-state index contributed by atoms with van der Waals surface area (Å²) < 4.78 is 5.79. The first-order chi connectivity index (χ1) is 10.6. The van der Waals surface area contributed by atoms with E-state index < -0.39 is 6.09 Å². The molecule has 0 radical (unpaired) electrons. The zero-order valence-electron chi connectivity index (χ0n) is 12.7. The molecule has 1 aliphatic heterocycles. The van der Waals surface area contributed by atoms with Crippen LogP contribution in [0, 0.1) is 0 Å². The molecule has 1 unspecified atom stereocenters. The van der Waals surface area contributed by atoms with Gasteiger partial charge >= 0.3 is 6.09 Å². The normalized spacial score (nSPS) is 17.4. The Balaban J connectivity index is 1.90. The van der Waals surface area contributed by atoms with Gasteiger partial charge in [0.15, 0.2) is 0 Å². The molecule has 1 N–H and O–H groups in total. The largest absolute Gasteiger partial charge is 0.450 e. The van der Waals surface area contributed by atoms with Gasteiger partial charge in [0.1, 0.15) is 0 Å². The van der Waals surface area contributed by atoms with Crippen LogP contribution in [0.1, 0.15) is 37.8 Å². The van der Waals surface area contributed by atoms with Gasteiger partial charge in [-0.3, -0.25) is 4.79 Å². The zero-order valence-corrected chi connectivity index (χ0v) is 14.3. The van der Waals surface area contributed by atoms with Crippen LogP contribution < -0.4 is 5.32 Å². The summed E-state index contributed by atoms with van der Waals surface area (Å²) in [7, 11) is 0. The molecular formula is C16H21BrN2O3. The first-order valence-electron chi connectivity index (χ1n) is 7.57. The number of hydrogen-bond donors (Lipinski definition) is 1. The minimum atomic E-state index is -0.472. The summed E-state index contributed by atoms with van der Waals surface area (Å²) >= 11 is 3.47. The lowest BCUT2D eigenvalue weighted by atomic mass is 10.0. The highest BCUT2D eigenvalue weighted by atomic mass is 79.9. The number of carbonyl (C=O) groups is 2. The molecule has 1 aromatic rings. The molecule has 0 saturated carbocycles. The van der Waals surface area contributed by atoms with Crippen molar-refractivity contribution in [3.05, 3.63) is 34.3 Å². The third-order valence-corrected chi connectivity index (χ3v) is 4.18. The van der Waals surface area contributed by atoms with Crippen LogP contribution >= 0.6 is 15.9 Å². The van der Waals surface area contributed by atoms with E-state index in [-0.39, 0.29) is 11.9 Å². The number of alkyl carbamates (subject to hydrolysis) is 1. The van der Waals surface area contributed by atoms with Gasteiger partial charge in [-0.15, -0.1) is 0 Å². The molecule has 2 rings (SSSR count). The van der Waals surface area contributed by atoms with Crippen LogP contribution in [0.3, 0.4) is 0 Å². The van der Waals surface area contributed by atoms with E-state index in [1.165, 1.54) is 0 Å². The monoisotopic (exact) mass is 368 g/mol. The number of rotatable bonds is 5. The second-order valence-electron chi connectivity index (χ2n) is 5.20. The number of hydrogen-bond acceptors (Lipinski definition) is 3. The minimum absolute atomic E-state index is 0.0688. The molecule has 0 spiro atoms. The molecule has 1 aromatic carbocycles. The first-order valence-corrected chi connectivity index (χ1v) is 8.36. The summed E-state index contributed by atoms with van der Waals surface area (Å²) in [5, 5.41) is 2.59. The Bertz CT molecular complexity index is 536. The topological polar surface area (TPSA) is 58.6 Å². The van der Waals surface area contributed by atoms with Crippen LogP contribution in [0.2, 0.25) is 0 Å². The molecular weight excluding hydrogens is 348 g/mol. The van der Waals surface area contributed by atoms with Gasteiger partial charge in [-0.05, 0) is 37.5 Å². The fourth-order valence-electron chi connectivity index (χ4n) is 2.72. The second-order valence-corrected chi connectivity index (χ2v) is 6.11. The van der Waals surface area contributed by atoms with Crippen molar-refractivity contribution >= 4 is 27.9 Å². The van der Waals surface area contributed by atoms with Crippen molar-refractivity contribution < 1.29 is 14.3 Å². The standard InChI is InChI=1S/C16H21BrN2O3/c1-2-22-16(21)18-9-8-15(20)19-10-4-7-14(19)12-5-3-6-13(17)11-12/h3,5-6,11,14H,2,4,7-10H2,1H3,(H,18,21). The molecule has 120 valence electrons. The predicted molar refractivity (Wildman–Crippen MR) is 87.5 cm³/mol. The van der Waals surface area contributed by atoms with E-state index in [0.717, 1.165) is 29.4 Å². The minimum Gasteiger partial charge on any atom is -0.450 e. The Labute approximate surface area is 139 Å². The quantitative estimate of drug-likeness (QED) is 0.867. The molecule has 1 heterocycles. The molecule has 6 heteroatoms. The number of nitrogens with one attached hydrogen (secondary N) is 1. The average Bonchev–Trinajstić information content (AvgIpc) is 2.97. The Morgan fingerprint density at radius 2 is 2.27 bits per heavy atom. The van der Waals surface area contributed by atoms with Crippen molar-refractivity contribution in [2.24, 2.45) is 0 Å². The van der Waals surface area contributed by atoms with Crippen molar-refractivity contribution in [2.75, 3.05) is 19.7 Å². The summed E-state index contributed by atoms with van der Waals surface area (Å²) in [6.07, 6.45) is 1.81. The molecule has 1 aliphatic rings. The molecule has 0 aromatic heterocycles. The zero-order chi connectivity index (χ0) is 15.9. The van der Waals surface area contributed by atoms with Gasteiger partial charge < -0.3 is 15.0 Å². The molecule has 1 atom stereocenters. The number of benzene rings is 1. The number of likely N-dealkylation sites (tertiary alicyclic amines) is 1. The van der Waals surface area contributed by atoms with E-state index in [9.17, 15) is 9.59 Å². The number of nitrogens with zero attached hydrogens (tertiary/aromatic N) is 1. The third kappa shape index (κ3) is 4.47. The average molecular weight is 369 g/mol. The molecule has 2 amide bonds. The van der Waals surface area contributed by atoms with Crippen LogP contribution in [-0.4, -0.2) is 36.6 Å². The fourth-order valence-corrected chi connectivity index (χ4v) is 3.14. The highest BCUT2D eigenvalue weighted by molar-refractivity contribution is 9.10. The summed E-state index contributed by atoms with van der Waals surface area (Å²) in [5.74, 6) is 0.0688. The third-order valence-electron chi connectivity index (χ3n) is 3.69.